The first kappa shape index (κ1) is 15.6. The minimum absolute atomic E-state index is 0.0899. The number of carbonyl (C=O) groups excluding carboxylic acids is 2. The summed E-state index contributed by atoms with van der Waals surface area (Å²) in [5.41, 5.74) is 0. The van der Waals surface area contributed by atoms with Crippen molar-refractivity contribution in [1.29, 1.82) is 0 Å². The first-order valence-corrected chi connectivity index (χ1v) is 7.45. The average molecular weight is 307 g/mol. The van der Waals surface area contributed by atoms with Crippen LogP contribution in [0.1, 0.15) is 16.6 Å². The van der Waals surface area contributed by atoms with Gasteiger partial charge in [0.15, 0.2) is 0 Å². The molecular weight excluding hydrogens is 294 g/mol. The van der Waals surface area contributed by atoms with E-state index in [2.05, 4.69) is 4.74 Å². The van der Waals surface area contributed by atoms with Gasteiger partial charge in [0.1, 0.15) is 15.9 Å². The van der Waals surface area contributed by atoms with Gasteiger partial charge in [-0.2, -0.15) is 0 Å². The second-order valence-corrected chi connectivity index (χ2v) is 6.02. The monoisotopic (exact) mass is 307 g/mol. The van der Waals surface area contributed by atoms with Gasteiger partial charge in [0.25, 0.3) is 15.9 Å². The lowest BCUT2D eigenvalue weighted by Gasteiger charge is -2.10. The third kappa shape index (κ3) is 3.52. The van der Waals surface area contributed by atoms with Crippen molar-refractivity contribution in [2.45, 2.75) is 17.9 Å². The summed E-state index contributed by atoms with van der Waals surface area (Å²) in [4.78, 5) is 22.5. The van der Waals surface area contributed by atoms with Crippen molar-refractivity contribution in [2.24, 2.45) is 0 Å². The van der Waals surface area contributed by atoms with Gasteiger partial charge >= 0.3 is 5.97 Å². The van der Waals surface area contributed by atoms with Gasteiger partial charge in [0.05, 0.1) is 7.11 Å². The zero-order valence-electron chi connectivity index (χ0n) is 10.5. The molecule has 0 spiro atoms. The van der Waals surface area contributed by atoms with Gasteiger partial charge in [-0.25, -0.2) is 17.9 Å². The van der Waals surface area contributed by atoms with Crippen molar-refractivity contribution in [3.8, 4) is 0 Å². The molecule has 0 saturated carbocycles. The van der Waals surface area contributed by atoms with Crippen molar-refractivity contribution >= 4 is 33.2 Å². The Balaban J connectivity index is 3.05. The van der Waals surface area contributed by atoms with Crippen LogP contribution in [0.3, 0.4) is 0 Å². The van der Waals surface area contributed by atoms with Crippen LogP contribution in [0.2, 0.25) is 0 Å². The number of ether oxygens (including phenoxy) is 2. The molecule has 19 heavy (non-hydrogen) atoms. The zero-order chi connectivity index (χ0) is 14.6. The van der Waals surface area contributed by atoms with Crippen molar-refractivity contribution in [3.05, 3.63) is 16.3 Å². The molecule has 0 fully saturated rings. The molecule has 7 nitrogen and oxygen atoms in total. The largest absolute Gasteiger partial charge is 0.465 e. The summed E-state index contributed by atoms with van der Waals surface area (Å²) < 4.78 is 35.0. The Hall–Kier alpha value is -1.45. The standard InChI is InChI=1S/C10H13NO6S2/c1-6(16-2)9(12)11-19(14,15)7-4-5-18-8(7)10(13)17-3/h4-6H,1-3H3,(H,11,12)/t6-/m0/s1. The fourth-order valence-electron chi connectivity index (χ4n) is 1.13. The fraction of sp³-hybridized carbons (Fsp3) is 0.400. The Morgan fingerprint density at radius 1 is 1.37 bits per heavy atom. The molecule has 1 aromatic rings. The highest BCUT2D eigenvalue weighted by atomic mass is 32.2. The van der Waals surface area contributed by atoms with E-state index in [-0.39, 0.29) is 9.77 Å². The molecule has 1 aromatic heterocycles. The summed E-state index contributed by atoms with van der Waals surface area (Å²) in [7, 11) is -1.71. The third-order valence-corrected chi connectivity index (χ3v) is 4.66. The van der Waals surface area contributed by atoms with Gasteiger partial charge in [0.2, 0.25) is 0 Å². The minimum atomic E-state index is -4.13. The molecular formula is C10H13NO6S2. The molecule has 0 radical (unpaired) electrons. The highest BCUT2D eigenvalue weighted by molar-refractivity contribution is 7.90. The predicted octanol–water partition coefficient (Wildman–Crippen LogP) is 0.374. The number of methoxy groups -OCH3 is 2. The molecule has 0 aliphatic carbocycles. The van der Waals surface area contributed by atoms with Crippen molar-refractivity contribution in [3.63, 3.8) is 0 Å². The number of thiophene rings is 1. The topological polar surface area (TPSA) is 98.8 Å². The molecule has 0 aliphatic rings. The molecule has 0 saturated heterocycles. The summed E-state index contributed by atoms with van der Waals surface area (Å²) >= 11 is 0.914. The second kappa shape index (κ2) is 6.13. The molecule has 0 bridgehead atoms. The number of esters is 1. The maximum Gasteiger partial charge on any atom is 0.349 e. The van der Waals surface area contributed by atoms with E-state index in [4.69, 9.17) is 4.74 Å². The van der Waals surface area contributed by atoms with Crippen LogP contribution in [-0.4, -0.2) is 40.6 Å². The van der Waals surface area contributed by atoms with Crippen LogP contribution in [0.4, 0.5) is 0 Å². The Bertz CT molecular complexity index is 577. The van der Waals surface area contributed by atoms with Crippen LogP contribution in [-0.2, 0) is 24.3 Å². The van der Waals surface area contributed by atoms with Crippen molar-refractivity contribution < 1.29 is 27.5 Å². The van der Waals surface area contributed by atoms with Crippen LogP contribution < -0.4 is 4.72 Å². The normalized spacial score (nSPS) is 12.8. The predicted molar refractivity (Wildman–Crippen MR) is 67.5 cm³/mol. The smallest absolute Gasteiger partial charge is 0.349 e. The minimum Gasteiger partial charge on any atom is -0.465 e. The maximum absolute atomic E-state index is 12.0. The van der Waals surface area contributed by atoms with Gasteiger partial charge in [-0.1, -0.05) is 0 Å². The molecule has 0 aromatic carbocycles. The van der Waals surface area contributed by atoms with Crippen LogP contribution in [0, 0.1) is 0 Å². The van der Waals surface area contributed by atoms with E-state index in [1.807, 2.05) is 4.72 Å². The highest BCUT2D eigenvalue weighted by Crippen LogP contribution is 2.22. The molecule has 1 atom stereocenters. The molecule has 1 amide bonds. The fourth-order valence-corrected chi connectivity index (χ4v) is 3.51. The lowest BCUT2D eigenvalue weighted by molar-refractivity contribution is -0.128. The van der Waals surface area contributed by atoms with Gasteiger partial charge < -0.3 is 9.47 Å². The SMILES string of the molecule is COC(=O)c1sccc1S(=O)(=O)NC(=O)[C@H](C)OC. The summed E-state index contributed by atoms with van der Waals surface area (Å²) in [6.07, 6.45) is -0.921. The molecule has 9 heteroatoms. The lowest BCUT2D eigenvalue weighted by atomic mass is 10.4. The lowest BCUT2D eigenvalue weighted by Crippen LogP contribution is -2.38. The van der Waals surface area contributed by atoms with Gasteiger partial charge in [-0.15, -0.1) is 11.3 Å². The molecule has 1 N–H and O–H groups in total. The second-order valence-electron chi connectivity index (χ2n) is 3.45. The van der Waals surface area contributed by atoms with Gasteiger partial charge in [-0.05, 0) is 18.4 Å². The average Bonchev–Trinajstić information content (AvgIpc) is 2.86. The number of hydrogen-bond acceptors (Lipinski definition) is 7. The van der Waals surface area contributed by atoms with E-state index in [0.717, 1.165) is 18.4 Å². The van der Waals surface area contributed by atoms with E-state index in [0.29, 0.717) is 0 Å². The number of rotatable bonds is 5. The summed E-state index contributed by atoms with van der Waals surface area (Å²) in [6, 6.07) is 1.23. The van der Waals surface area contributed by atoms with Crippen LogP contribution in [0.25, 0.3) is 0 Å². The number of nitrogens with one attached hydrogen (secondary N) is 1. The Morgan fingerprint density at radius 2 is 2.00 bits per heavy atom. The van der Waals surface area contributed by atoms with Crippen molar-refractivity contribution in [1.82, 2.24) is 4.72 Å². The number of hydrogen-bond donors (Lipinski definition) is 1. The Labute approximate surface area is 114 Å². The summed E-state index contributed by atoms with van der Waals surface area (Å²) in [5, 5.41) is 1.42. The Kier molecular flexibility index (Phi) is 5.04. The molecule has 0 unspecified atom stereocenters. The van der Waals surface area contributed by atoms with E-state index in [1.54, 1.807) is 0 Å². The third-order valence-electron chi connectivity index (χ3n) is 2.25. The molecule has 0 aliphatic heterocycles. The number of carbonyl (C=O) groups is 2. The molecule has 106 valence electrons. The van der Waals surface area contributed by atoms with E-state index in [1.165, 1.54) is 25.5 Å². The van der Waals surface area contributed by atoms with E-state index in [9.17, 15) is 18.0 Å². The van der Waals surface area contributed by atoms with Gasteiger partial charge in [-0.3, -0.25) is 4.79 Å². The zero-order valence-corrected chi connectivity index (χ0v) is 12.1. The number of amides is 1. The van der Waals surface area contributed by atoms with Crippen LogP contribution in [0.15, 0.2) is 16.3 Å². The Morgan fingerprint density at radius 3 is 2.53 bits per heavy atom. The van der Waals surface area contributed by atoms with E-state index >= 15 is 0 Å². The molecule has 1 heterocycles. The maximum atomic E-state index is 12.0. The first-order chi connectivity index (χ1) is 8.83. The number of sulfonamides is 1. The molecule has 1 rings (SSSR count). The summed E-state index contributed by atoms with van der Waals surface area (Å²) in [6.45, 7) is 1.40. The van der Waals surface area contributed by atoms with Gasteiger partial charge in [0, 0.05) is 7.11 Å². The van der Waals surface area contributed by atoms with E-state index < -0.39 is 28.0 Å². The van der Waals surface area contributed by atoms with Crippen LogP contribution in [0.5, 0.6) is 0 Å². The highest BCUT2D eigenvalue weighted by Gasteiger charge is 2.27. The first-order valence-electron chi connectivity index (χ1n) is 5.08. The van der Waals surface area contributed by atoms with Crippen molar-refractivity contribution in [2.75, 3.05) is 14.2 Å². The quantitative estimate of drug-likeness (QED) is 0.789. The summed E-state index contributed by atoms with van der Waals surface area (Å²) in [5.74, 6) is -1.59. The van der Waals surface area contributed by atoms with Crippen LogP contribution >= 0.6 is 11.3 Å².